The van der Waals surface area contributed by atoms with Crippen molar-refractivity contribution in [3.05, 3.63) is 64.4 Å². The van der Waals surface area contributed by atoms with Crippen molar-refractivity contribution < 1.29 is 14.0 Å². The van der Waals surface area contributed by atoms with Crippen molar-refractivity contribution in [1.82, 2.24) is 5.32 Å². The summed E-state index contributed by atoms with van der Waals surface area (Å²) in [6.45, 7) is 8.11. The molecule has 1 atom stereocenters. The Morgan fingerprint density at radius 1 is 1.04 bits per heavy atom. The van der Waals surface area contributed by atoms with Gasteiger partial charge < -0.3 is 10.6 Å². The highest BCUT2D eigenvalue weighted by Gasteiger charge is 2.23. The van der Waals surface area contributed by atoms with Crippen LogP contribution in [0.5, 0.6) is 0 Å². The first-order chi connectivity index (χ1) is 13.2. The Bertz CT molecular complexity index is 835. The number of halogens is 2. The summed E-state index contributed by atoms with van der Waals surface area (Å²) >= 11 is 5.76. The van der Waals surface area contributed by atoms with E-state index >= 15 is 0 Å². The maximum atomic E-state index is 13.3. The second-order valence-electron chi connectivity index (χ2n) is 7.55. The van der Waals surface area contributed by atoms with Crippen LogP contribution in [0.15, 0.2) is 42.5 Å². The van der Waals surface area contributed by atoms with Crippen LogP contribution in [0.25, 0.3) is 0 Å². The van der Waals surface area contributed by atoms with Gasteiger partial charge >= 0.3 is 0 Å². The highest BCUT2D eigenvalue weighted by Crippen LogP contribution is 2.20. The smallest absolute Gasteiger partial charge is 0.251 e. The third-order valence-electron chi connectivity index (χ3n) is 4.36. The minimum Gasteiger partial charge on any atom is -0.340 e. The summed E-state index contributed by atoms with van der Waals surface area (Å²) in [5, 5.41) is 5.42. The first-order valence-corrected chi connectivity index (χ1v) is 9.72. The summed E-state index contributed by atoms with van der Waals surface area (Å²) in [6, 6.07) is 10.6. The number of rotatable bonds is 7. The van der Waals surface area contributed by atoms with Gasteiger partial charge in [-0.05, 0) is 54.2 Å². The number of carbonyl (C=O) groups excluding carboxylic acids is 2. The van der Waals surface area contributed by atoms with E-state index in [0.29, 0.717) is 23.6 Å². The predicted molar refractivity (Wildman–Crippen MR) is 111 cm³/mol. The van der Waals surface area contributed by atoms with Crippen molar-refractivity contribution in [2.75, 3.05) is 5.32 Å². The molecule has 2 aromatic rings. The van der Waals surface area contributed by atoms with Crippen LogP contribution >= 0.6 is 11.6 Å². The number of amides is 2. The Labute approximate surface area is 170 Å². The number of anilines is 1. The van der Waals surface area contributed by atoms with E-state index in [1.165, 1.54) is 18.2 Å². The topological polar surface area (TPSA) is 58.2 Å². The molecule has 2 N–H and O–H groups in total. The van der Waals surface area contributed by atoms with Crippen molar-refractivity contribution in [3.8, 4) is 0 Å². The molecule has 0 aromatic heterocycles. The van der Waals surface area contributed by atoms with E-state index < -0.39 is 11.9 Å². The standard InChI is InChI=1S/C22H26ClFN2O2/c1-13(2)11-20(22(28)25-17-9-10-19(24)18(23)12-17)26-21(27)16-7-5-15(6-8-16)14(3)4/h5-10,12-14,20H,11H2,1-4H3,(H,25,28)(H,26,27)/t20-/m0/s1. The zero-order chi connectivity index (χ0) is 20.8. The molecule has 0 fully saturated rings. The maximum Gasteiger partial charge on any atom is 0.251 e. The molecule has 2 amide bonds. The lowest BCUT2D eigenvalue weighted by Crippen LogP contribution is -2.44. The SMILES string of the molecule is CC(C)C[C@H](NC(=O)c1ccc(C(C)C)cc1)C(=O)Nc1ccc(F)c(Cl)c1. The molecule has 0 radical (unpaired) electrons. The van der Waals surface area contributed by atoms with Crippen LogP contribution in [0.4, 0.5) is 10.1 Å². The molecule has 0 aliphatic carbocycles. The van der Waals surface area contributed by atoms with E-state index in [1.54, 1.807) is 12.1 Å². The van der Waals surface area contributed by atoms with Crippen LogP contribution in [0, 0.1) is 11.7 Å². The second kappa shape index (κ2) is 9.69. The predicted octanol–water partition coefficient (Wildman–Crippen LogP) is 5.39. The fourth-order valence-electron chi connectivity index (χ4n) is 2.77. The fraction of sp³-hybridized carbons (Fsp3) is 0.364. The minimum absolute atomic E-state index is 0.0764. The Kier molecular flexibility index (Phi) is 7.58. The van der Waals surface area contributed by atoms with E-state index in [2.05, 4.69) is 24.5 Å². The average molecular weight is 405 g/mol. The molecule has 0 saturated heterocycles. The molecule has 0 aliphatic heterocycles. The normalized spacial score (nSPS) is 12.1. The molecule has 0 aliphatic rings. The molecule has 0 heterocycles. The molecule has 2 aromatic carbocycles. The Morgan fingerprint density at radius 3 is 2.21 bits per heavy atom. The summed E-state index contributed by atoms with van der Waals surface area (Å²) < 4.78 is 13.3. The van der Waals surface area contributed by atoms with Gasteiger partial charge in [0, 0.05) is 11.3 Å². The van der Waals surface area contributed by atoms with Crippen molar-refractivity contribution in [3.63, 3.8) is 0 Å². The van der Waals surface area contributed by atoms with Gasteiger partial charge in [-0.2, -0.15) is 0 Å². The molecule has 6 heteroatoms. The Balaban J connectivity index is 2.12. The van der Waals surface area contributed by atoms with Crippen LogP contribution in [0.1, 0.15) is 56.0 Å². The zero-order valence-electron chi connectivity index (χ0n) is 16.6. The van der Waals surface area contributed by atoms with Gasteiger partial charge in [0.1, 0.15) is 11.9 Å². The molecule has 0 saturated carbocycles. The minimum atomic E-state index is -0.721. The van der Waals surface area contributed by atoms with Crippen molar-refractivity contribution >= 4 is 29.1 Å². The van der Waals surface area contributed by atoms with Crippen molar-refractivity contribution in [2.24, 2.45) is 5.92 Å². The van der Waals surface area contributed by atoms with Crippen LogP contribution in [-0.4, -0.2) is 17.9 Å². The molecule has 4 nitrogen and oxygen atoms in total. The highest BCUT2D eigenvalue weighted by molar-refractivity contribution is 6.31. The first-order valence-electron chi connectivity index (χ1n) is 9.34. The maximum absolute atomic E-state index is 13.3. The monoisotopic (exact) mass is 404 g/mol. The quantitative estimate of drug-likeness (QED) is 0.650. The van der Waals surface area contributed by atoms with Gasteiger partial charge in [0.2, 0.25) is 5.91 Å². The number of nitrogens with one attached hydrogen (secondary N) is 2. The van der Waals surface area contributed by atoms with Gasteiger partial charge in [-0.3, -0.25) is 9.59 Å². The van der Waals surface area contributed by atoms with E-state index in [4.69, 9.17) is 11.6 Å². The number of hydrogen-bond donors (Lipinski definition) is 2. The van der Waals surface area contributed by atoms with E-state index in [-0.39, 0.29) is 22.8 Å². The van der Waals surface area contributed by atoms with Crippen molar-refractivity contribution in [2.45, 2.75) is 46.1 Å². The molecule has 150 valence electrons. The zero-order valence-corrected chi connectivity index (χ0v) is 17.3. The van der Waals surface area contributed by atoms with Gasteiger partial charge in [0.25, 0.3) is 5.91 Å². The molecule has 2 rings (SSSR count). The summed E-state index contributed by atoms with van der Waals surface area (Å²) in [7, 11) is 0. The Morgan fingerprint density at radius 2 is 1.68 bits per heavy atom. The van der Waals surface area contributed by atoms with Crippen LogP contribution in [-0.2, 0) is 4.79 Å². The van der Waals surface area contributed by atoms with Gasteiger partial charge in [-0.15, -0.1) is 0 Å². The van der Waals surface area contributed by atoms with Gasteiger partial charge in [0.05, 0.1) is 5.02 Å². The average Bonchev–Trinajstić information content (AvgIpc) is 2.63. The van der Waals surface area contributed by atoms with Crippen LogP contribution < -0.4 is 10.6 Å². The largest absolute Gasteiger partial charge is 0.340 e. The van der Waals surface area contributed by atoms with Crippen molar-refractivity contribution in [1.29, 1.82) is 0 Å². The lowest BCUT2D eigenvalue weighted by molar-refractivity contribution is -0.118. The molecule has 0 unspecified atom stereocenters. The molecular weight excluding hydrogens is 379 g/mol. The third-order valence-corrected chi connectivity index (χ3v) is 4.65. The highest BCUT2D eigenvalue weighted by atomic mass is 35.5. The van der Waals surface area contributed by atoms with E-state index in [1.807, 2.05) is 26.0 Å². The Hall–Kier alpha value is -2.40. The summed E-state index contributed by atoms with van der Waals surface area (Å²) in [5.74, 6) is -0.677. The van der Waals surface area contributed by atoms with E-state index in [9.17, 15) is 14.0 Å². The van der Waals surface area contributed by atoms with Crippen LogP contribution in [0.2, 0.25) is 5.02 Å². The molecule has 0 spiro atoms. The lowest BCUT2D eigenvalue weighted by Gasteiger charge is -2.20. The summed E-state index contributed by atoms with van der Waals surface area (Å²) in [6.07, 6.45) is 0.469. The van der Waals surface area contributed by atoms with Gasteiger partial charge in [0.15, 0.2) is 0 Å². The number of benzene rings is 2. The number of carbonyl (C=O) groups is 2. The third kappa shape index (κ3) is 6.06. The molecular formula is C22H26ClFN2O2. The van der Waals surface area contributed by atoms with Gasteiger partial charge in [-0.1, -0.05) is 51.4 Å². The second-order valence-corrected chi connectivity index (χ2v) is 7.96. The van der Waals surface area contributed by atoms with Crippen LogP contribution in [0.3, 0.4) is 0 Å². The van der Waals surface area contributed by atoms with Gasteiger partial charge in [-0.25, -0.2) is 4.39 Å². The fourth-order valence-corrected chi connectivity index (χ4v) is 2.95. The number of hydrogen-bond acceptors (Lipinski definition) is 2. The molecule has 0 bridgehead atoms. The van der Waals surface area contributed by atoms with E-state index in [0.717, 1.165) is 5.56 Å². The molecule has 28 heavy (non-hydrogen) atoms. The summed E-state index contributed by atoms with van der Waals surface area (Å²) in [5.41, 5.74) is 2.01. The first kappa shape index (κ1) is 21.9. The summed E-state index contributed by atoms with van der Waals surface area (Å²) in [4.78, 5) is 25.3. The lowest BCUT2D eigenvalue weighted by atomic mass is 10.0.